The Labute approximate surface area is 104 Å². The summed E-state index contributed by atoms with van der Waals surface area (Å²) in [7, 11) is 0. The summed E-state index contributed by atoms with van der Waals surface area (Å²) in [4.78, 5) is 8.08. The summed E-state index contributed by atoms with van der Waals surface area (Å²) < 4.78 is 5.67. The highest BCUT2D eigenvalue weighted by molar-refractivity contribution is 5.39. The summed E-state index contributed by atoms with van der Waals surface area (Å²) in [6, 6.07) is 7.21. The third-order valence-corrected chi connectivity index (χ3v) is 2.40. The van der Waals surface area contributed by atoms with Gasteiger partial charge in [0.25, 0.3) is 0 Å². The van der Waals surface area contributed by atoms with E-state index in [1.807, 2.05) is 19.1 Å². The number of aliphatic hydroxyl groups is 1. The number of nitrogens with zero attached hydrogens (tertiary/aromatic N) is 2. The van der Waals surface area contributed by atoms with Gasteiger partial charge in [-0.05, 0) is 13.0 Å². The molecule has 0 amide bonds. The summed E-state index contributed by atoms with van der Waals surface area (Å²) in [5.41, 5.74) is 3.83. The number of ether oxygens (including phenoxy) is 1. The van der Waals surface area contributed by atoms with Crippen molar-refractivity contribution in [1.29, 1.82) is 0 Å². The van der Waals surface area contributed by atoms with Crippen LogP contribution in [0.25, 0.3) is 0 Å². The molecule has 1 aromatic carbocycles. The van der Waals surface area contributed by atoms with Gasteiger partial charge in [-0.25, -0.2) is 10.8 Å². The molecule has 0 aliphatic heterocycles. The molecule has 6 nitrogen and oxygen atoms in total. The molecule has 2 aromatic rings. The zero-order valence-electron chi connectivity index (χ0n) is 9.92. The van der Waals surface area contributed by atoms with Crippen LogP contribution in [0.5, 0.6) is 11.6 Å². The van der Waals surface area contributed by atoms with Crippen molar-refractivity contribution in [2.45, 2.75) is 13.5 Å². The minimum atomic E-state index is -0.0949. The van der Waals surface area contributed by atoms with Gasteiger partial charge >= 0.3 is 0 Å². The molecule has 0 aliphatic rings. The van der Waals surface area contributed by atoms with Crippen LogP contribution in [0.1, 0.15) is 11.1 Å². The minimum absolute atomic E-state index is 0.0949. The van der Waals surface area contributed by atoms with Crippen LogP contribution in [0, 0.1) is 6.92 Å². The molecule has 18 heavy (non-hydrogen) atoms. The quantitative estimate of drug-likeness (QED) is 0.557. The molecule has 0 fully saturated rings. The van der Waals surface area contributed by atoms with Gasteiger partial charge in [0.15, 0.2) is 0 Å². The molecule has 94 valence electrons. The molecule has 2 rings (SSSR count). The fourth-order valence-corrected chi connectivity index (χ4v) is 1.44. The van der Waals surface area contributed by atoms with E-state index in [0.717, 1.165) is 5.56 Å². The number of nitrogens with one attached hydrogen (secondary N) is 1. The SMILES string of the molecule is Cc1cnc(NN)nc1Oc1ccccc1CO. The molecular formula is C12H14N4O2. The van der Waals surface area contributed by atoms with Crippen molar-refractivity contribution in [2.24, 2.45) is 5.84 Å². The Morgan fingerprint density at radius 3 is 2.89 bits per heavy atom. The van der Waals surface area contributed by atoms with E-state index in [1.165, 1.54) is 0 Å². The number of aromatic nitrogens is 2. The molecule has 0 spiro atoms. The highest BCUT2D eigenvalue weighted by Gasteiger charge is 2.08. The van der Waals surface area contributed by atoms with Gasteiger partial charge in [-0.1, -0.05) is 18.2 Å². The number of nitrogen functional groups attached to an aromatic ring is 1. The molecular weight excluding hydrogens is 232 g/mol. The fraction of sp³-hybridized carbons (Fsp3) is 0.167. The second kappa shape index (κ2) is 5.44. The van der Waals surface area contributed by atoms with Crippen LogP contribution >= 0.6 is 0 Å². The number of hydrogen-bond acceptors (Lipinski definition) is 6. The van der Waals surface area contributed by atoms with Crippen molar-refractivity contribution >= 4 is 5.95 Å². The lowest BCUT2D eigenvalue weighted by Crippen LogP contribution is -2.11. The third kappa shape index (κ3) is 2.55. The van der Waals surface area contributed by atoms with E-state index in [0.29, 0.717) is 17.2 Å². The van der Waals surface area contributed by atoms with Crippen LogP contribution in [-0.4, -0.2) is 15.1 Å². The van der Waals surface area contributed by atoms with Gasteiger partial charge in [0, 0.05) is 17.3 Å². The number of aryl methyl sites for hydroxylation is 1. The van der Waals surface area contributed by atoms with Crippen molar-refractivity contribution in [2.75, 3.05) is 5.43 Å². The second-order valence-corrected chi connectivity index (χ2v) is 3.69. The smallest absolute Gasteiger partial charge is 0.240 e. The van der Waals surface area contributed by atoms with Gasteiger partial charge < -0.3 is 9.84 Å². The van der Waals surface area contributed by atoms with Crippen molar-refractivity contribution in [1.82, 2.24) is 9.97 Å². The largest absolute Gasteiger partial charge is 0.438 e. The van der Waals surface area contributed by atoms with Crippen LogP contribution in [0.15, 0.2) is 30.5 Å². The molecule has 1 aromatic heterocycles. The minimum Gasteiger partial charge on any atom is -0.438 e. The Hall–Kier alpha value is -2.18. The Bertz CT molecular complexity index is 545. The standard InChI is InChI=1S/C12H14N4O2/c1-8-6-14-12(16-13)15-11(8)18-10-5-3-2-4-9(10)7-17/h2-6,17H,7,13H2,1H3,(H,14,15,16). The predicted octanol–water partition coefficient (Wildman–Crippen LogP) is 1.36. The Kier molecular flexibility index (Phi) is 3.71. The highest BCUT2D eigenvalue weighted by Crippen LogP contribution is 2.26. The van der Waals surface area contributed by atoms with Gasteiger partial charge in [0.05, 0.1) is 6.61 Å². The molecule has 0 bridgehead atoms. The number of rotatable bonds is 4. The number of para-hydroxylation sites is 1. The van der Waals surface area contributed by atoms with Crippen LogP contribution in [0.2, 0.25) is 0 Å². The maximum absolute atomic E-state index is 9.22. The third-order valence-electron chi connectivity index (χ3n) is 2.40. The lowest BCUT2D eigenvalue weighted by molar-refractivity contribution is 0.276. The maximum Gasteiger partial charge on any atom is 0.240 e. The van der Waals surface area contributed by atoms with Crippen molar-refractivity contribution in [3.8, 4) is 11.6 Å². The highest BCUT2D eigenvalue weighted by atomic mass is 16.5. The second-order valence-electron chi connectivity index (χ2n) is 3.69. The van der Waals surface area contributed by atoms with Crippen molar-refractivity contribution in [3.63, 3.8) is 0 Å². The zero-order chi connectivity index (χ0) is 13.0. The Morgan fingerprint density at radius 1 is 1.39 bits per heavy atom. The van der Waals surface area contributed by atoms with E-state index in [2.05, 4.69) is 15.4 Å². The topological polar surface area (TPSA) is 93.3 Å². The molecule has 0 atom stereocenters. The summed E-state index contributed by atoms with van der Waals surface area (Å²) in [6.07, 6.45) is 1.61. The van der Waals surface area contributed by atoms with E-state index >= 15 is 0 Å². The first-order chi connectivity index (χ1) is 8.74. The van der Waals surface area contributed by atoms with Gasteiger partial charge in [0.1, 0.15) is 5.75 Å². The first-order valence-electron chi connectivity index (χ1n) is 5.41. The number of hydrazine groups is 1. The maximum atomic E-state index is 9.22. The van der Waals surface area contributed by atoms with Gasteiger partial charge in [-0.3, -0.25) is 5.43 Å². The molecule has 0 radical (unpaired) electrons. The Morgan fingerprint density at radius 2 is 2.17 bits per heavy atom. The van der Waals surface area contributed by atoms with Gasteiger partial charge in [-0.2, -0.15) is 4.98 Å². The van der Waals surface area contributed by atoms with E-state index in [-0.39, 0.29) is 12.6 Å². The molecule has 6 heteroatoms. The van der Waals surface area contributed by atoms with Gasteiger partial charge in [-0.15, -0.1) is 0 Å². The predicted molar refractivity (Wildman–Crippen MR) is 67.0 cm³/mol. The first kappa shape index (κ1) is 12.3. The zero-order valence-corrected chi connectivity index (χ0v) is 9.92. The van der Waals surface area contributed by atoms with Crippen molar-refractivity contribution in [3.05, 3.63) is 41.6 Å². The molecule has 1 heterocycles. The lowest BCUT2D eigenvalue weighted by Gasteiger charge is -2.11. The van der Waals surface area contributed by atoms with Crippen LogP contribution in [0.3, 0.4) is 0 Å². The normalized spacial score (nSPS) is 10.2. The van der Waals surface area contributed by atoms with Crippen LogP contribution < -0.4 is 16.0 Å². The number of hydrogen-bond donors (Lipinski definition) is 3. The lowest BCUT2D eigenvalue weighted by atomic mass is 10.2. The number of nitrogens with two attached hydrogens (primary N) is 1. The average molecular weight is 246 g/mol. The Balaban J connectivity index is 2.33. The number of aliphatic hydroxyl groups excluding tert-OH is 1. The molecule has 0 saturated heterocycles. The number of anilines is 1. The molecule has 0 saturated carbocycles. The van der Waals surface area contributed by atoms with E-state index in [1.54, 1.807) is 18.3 Å². The van der Waals surface area contributed by atoms with Crippen molar-refractivity contribution < 1.29 is 9.84 Å². The van der Waals surface area contributed by atoms with E-state index in [9.17, 15) is 5.11 Å². The number of benzene rings is 1. The summed E-state index contributed by atoms with van der Waals surface area (Å²) >= 11 is 0. The van der Waals surface area contributed by atoms with Crippen LogP contribution in [-0.2, 0) is 6.61 Å². The van der Waals surface area contributed by atoms with Gasteiger partial charge in [0.2, 0.25) is 11.8 Å². The van der Waals surface area contributed by atoms with E-state index < -0.39 is 0 Å². The molecule has 0 aliphatic carbocycles. The fourth-order valence-electron chi connectivity index (χ4n) is 1.44. The molecule has 4 N–H and O–H groups in total. The summed E-state index contributed by atoms with van der Waals surface area (Å²) in [6.45, 7) is 1.74. The summed E-state index contributed by atoms with van der Waals surface area (Å²) in [5.74, 6) is 6.48. The molecule has 0 unspecified atom stereocenters. The summed E-state index contributed by atoms with van der Waals surface area (Å²) in [5, 5.41) is 9.22. The van der Waals surface area contributed by atoms with E-state index in [4.69, 9.17) is 10.6 Å². The monoisotopic (exact) mass is 246 g/mol. The average Bonchev–Trinajstić information content (AvgIpc) is 2.42. The van der Waals surface area contributed by atoms with Crippen LogP contribution in [0.4, 0.5) is 5.95 Å². The first-order valence-corrected chi connectivity index (χ1v) is 5.41.